The molecule has 0 aliphatic carbocycles. The topological polar surface area (TPSA) is 50.1 Å². The van der Waals surface area contributed by atoms with Crippen LogP contribution in [0.15, 0.2) is 29.2 Å². The van der Waals surface area contributed by atoms with Gasteiger partial charge in [-0.25, -0.2) is 4.98 Å². The van der Waals surface area contributed by atoms with Crippen LogP contribution in [0.25, 0.3) is 5.65 Å². The van der Waals surface area contributed by atoms with Gasteiger partial charge in [-0.15, -0.1) is 0 Å². The molecule has 2 fully saturated rings. The van der Waals surface area contributed by atoms with Gasteiger partial charge in [0.1, 0.15) is 11.5 Å². The molecule has 0 aromatic carbocycles. The fourth-order valence-corrected chi connectivity index (χ4v) is 3.62. The minimum atomic E-state index is -0.0979. The van der Waals surface area contributed by atoms with Crippen LogP contribution in [0.1, 0.15) is 12.8 Å². The second kappa shape index (κ2) is 6.70. The van der Waals surface area contributed by atoms with Crippen LogP contribution in [0.5, 0.6) is 0 Å². The smallest absolute Gasteiger partial charge is 0.260 e. The van der Waals surface area contributed by atoms with E-state index in [0.717, 1.165) is 45.1 Å². The Kier molecular flexibility index (Phi) is 4.43. The lowest BCUT2D eigenvalue weighted by Gasteiger charge is -2.36. The van der Waals surface area contributed by atoms with Crippen LogP contribution in [-0.2, 0) is 4.74 Å². The number of fused-ring (bicyclic) bond motifs is 1. The average molecular weight is 349 g/mol. The Morgan fingerprint density at radius 1 is 1.25 bits per heavy atom. The molecule has 128 valence electrons. The first kappa shape index (κ1) is 15.9. The SMILES string of the molecule is O=c1cc(N2CCN(CC3CCCO3)CC2)nc2ccc(Cl)cn12. The Morgan fingerprint density at radius 3 is 2.83 bits per heavy atom. The van der Waals surface area contributed by atoms with Gasteiger partial charge in [-0.05, 0) is 25.0 Å². The van der Waals surface area contributed by atoms with Gasteiger partial charge in [-0.3, -0.25) is 14.1 Å². The van der Waals surface area contributed by atoms with E-state index in [1.165, 1.54) is 17.2 Å². The van der Waals surface area contributed by atoms with Crippen LogP contribution in [0, 0.1) is 0 Å². The molecule has 24 heavy (non-hydrogen) atoms. The summed E-state index contributed by atoms with van der Waals surface area (Å²) in [7, 11) is 0. The van der Waals surface area contributed by atoms with Crippen LogP contribution >= 0.6 is 11.6 Å². The number of hydrogen-bond acceptors (Lipinski definition) is 5. The Labute approximate surface area is 145 Å². The Hall–Kier alpha value is -1.63. The predicted octanol–water partition coefficient (Wildman–Crippen LogP) is 1.65. The zero-order chi connectivity index (χ0) is 16.5. The van der Waals surface area contributed by atoms with Crippen LogP contribution < -0.4 is 10.5 Å². The molecule has 2 aromatic rings. The van der Waals surface area contributed by atoms with Crippen molar-refractivity contribution in [3.8, 4) is 0 Å². The fraction of sp³-hybridized carbons (Fsp3) is 0.529. The van der Waals surface area contributed by atoms with Crippen molar-refractivity contribution in [3.05, 3.63) is 39.8 Å². The highest BCUT2D eigenvalue weighted by Crippen LogP contribution is 2.17. The van der Waals surface area contributed by atoms with Gasteiger partial charge in [-0.2, -0.15) is 0 Å². The molecule has 0 radical (unpaired) electrons. The zero-order valence-corrected chi connectivity index (χ0v) is 14.3. The molecule has 2 aliphatic rings. The summed E-state index contributed by atoms with van der Waals surface area (Å²) in [4.78, 5) is 21.5. The summed E-state index contributed by atoms with van der Waals surface area (Å²) < 4.78 is 7.20. The van der Waals surface area contributed by atoms with Gasteiger partial charge >= 0.3 is 0 Å². The maximum atomic E-state index is 12.3. The number of rotatable bonds is 3. The molecular formula is C17H21ClN4O2. The van der Waals surface area contributed by atoms with Crippen molar-refractivity contribution in [2.24, 2.45) is 0 Å². The Morgan fingerprint density at radius 2 is 2.08 bits per heavy atom. The van der Waals surface area contributed by atoms with Crippen molar-refractivity contribution in [1.82, 2.24) is 14.3 Å². The first-order valence-electron chi connectivity index (χ1n) is 8.47. The van der Waals surface area contributed by atoms with E-state index in [9.17, 15) is 4.79 Å². The number of aromatic nitrogens is 2. The molecule has 0 spiro atoms. The van der Waals surface area contributed by atoms with E-state index >= 15 is 0 Å². The molecule has 6 nitrogen and oxygen atoms in total. The van der Waals surface area contributed by atoms with E-state index in [0.29, 0.717) is 16.8 Å². The van der Waals surface area contributed by atoms with Crippen molar-refractivity contribution < 1.29 is 4.74 Å². The summed E-state index contributed by atoms with van der Waals surface area (Å²) in [5.74, 6) is 0.749. The third kappa shape index (κ3) is 3.27. The summed E-state index contributed by atoms with van der Waals surface area (Å²) in [6, 6.07) is 5.13. The molecule has 0 saturated carbocycles. The quantitative estimate of drug-likeness (QED) is 0.844. The van der Waals surface area contributed by atoms with Gasteiger partial charge in [0.15, 0.2) is 0 Å². The largest absolute Gasteiger partial charge is 0.377 e. The molecular weight excluding hydrogens is 328 g/mol. The summed E-state index contributed by atoms with van der Waals surface area (Å²) in [6.45, 7) is 5.62. The van der Waals surface area contributed by atoms with Crippen LogP contribution in [0.3, 0.4) is 0 Å². The van der Waals surface area contributed by atoms with Crippen LogP contribution in [-0.4, -0.2) is 59.7 Å². The van der Waals surface area contributed by atoms with Crippen molar-refractivity contribution >= 4 is 23.1 Å². The maximum absolute atomic E-state index is 12.3. The molecule has 1 atom stereocenters. The molecule has 0 bridgehead atoms. The Balaban J connectivity index is 1.46. The van der Waals surface area contributed by atoms with Crippen molar-refractivity contribution in [2.45, 2.75) is 18.9 Å². The number of pyridine rings is 1. The molecule has 2 aliphatic heterocycles. The molecule has 7 heteroatoms. The van der Waals surface area contributed by atoms with E-state index in [2.05, 4.69) is 14.8 Å². The minimum Gasteiger partial charge on any atom is -0.377 e. The van der Waals surface area contributed by atoms with E-state index in [-0.39, 0.29) is 5.56 Å². The summed E-state index contributed by atoms with van der Waals surface area (Å²) in [5, 5.41) is 0.530. The van der Waals surface area contributed by atoms with E-state index in [4.69, 9.17) is 16.3 Å². The fourth-order valence-electron chi connectivity index (χ4n) is 3.46. The first-order valence-corrected chi connectivity index (χ1v) is 8.85. The maximum Gasteiger partial charge on any atom is 0.260 e. The van der Waals surface area contributed by atoms with E-state index in [1.54, 1.807) is 24.4 Å². The van der Waals surface area contributed by atoms with Gasteiger partial charge in [-0.1, -0.05) is 11.6 Å². The standard InChI is InChI=1S/C17H21ClN4O2/c18-13-3-4-15-19-16(10-17(23)22(15)11-13)21-7-5-20(6-8-21)12-14-2-1-9-24-14/h3-4,10-11,14H,1-2,5-9,12H2. The number of piperazine rings is 1. The predicted molar refractivity (Wildman–Crippen MR) is 94.1 cm³/mol. The second-order valence-electron chi connectivity index (χ2n) is 6.45. The van der Waals surface area contributed by atoms with E-state index < -0.39 is 0 Å². The van der Waals surface area contributed by atoms with Crippen molar-refractivity contribution in [3.63, 3.8) is 0 Å². The molecule has 1 unspecified atom stereocenters. The highest BCUT2D eigenvalue weighted by molar-refractivity contribution is 6.30. The molecule has 2 saturated heterocycles. The summed E-state index contributed by atoms with van der Waals surface area (Å²) in [5.41, 5.74) is 0.531. The molecule has 4 heterocycles. The number of anilines is 1. The lowest BCUT2D eigenvalue weighted by atomic mass is 10.2. The minimum absolute atomic E-state index is 0.0979. The van der Waals surface area contributed by atoms with Gasteiger partial charge < -0.3 is 9.64 Å². The highest BCUT2D eigenvalue weighted by Gasteiger charge is 2.23. The third-order valence-corrected chi connectivity index (χ3v) is 5.02. The molecule has 4 rings (SSSR count). The normalized spacial score (nSPS) is 22.4. The number of halogens is 1. The lowest BCUT2D eigenvalue weighted by molar-refractivity contribution is 0.0712. The first-order chi connectivity index (χ1) is 11.7. The lowest BCUT2D eigenvalue weighted by Crippen LogP contribution is -2.49. The number of nitrogens with zero attached hydrogens (tertiary/aromatic N) is 4. The van der Waals surface area contributed by atoms with Crippen LogP contribution in [0.4, 0.5) is 5.82 Å². The van der Waals surface area contributed by atoms with Crippen LogP contribution in [0.2, 0.25) is 5.02 Å². The molecule has 0 N–H and O–H groups in total. The average Bonchev–Trinajstić information content (AvgIpc) is 3.09. The molecule has 2 aromatic heterocycles. The monoisotopic (exact) mass is 348 g/mol. The van der Waals surface area contributed by atoms with Gasteiger partial charge in [0.25, 0.3) is 5.56 Å². The highest BCUT2D eigenvalue weighted by atomic mass is 35.5. The zero-order valence-electron chi connectivity index (χ0n) is 13.5. The Bertz CT molecular complexity index is 780. The third-order valence-electron chi connectivity index (χ3n) is 4.79. The van der Waals surface area contributed by atoms with Gasteiger partial charge in [0.2, 0.25) is 0 Å². The summed E-state index contributed by atoms with van der Waals surface area (Å²) in [6.07, 6.45) is 4.35. The van der Waals surface area contributed by atoms with Crippen molar-refractivity contribution in [1.29, 1.82) is 0 Å². The van der Waals surface area contributed by atoms with Gasteiger partial charge in [0.05, 0.1) is 11.1 Å². The second-order valence-corrected chi connectivity index (χ2v) is 6.89. The van der Waals surface area contributed by atoms with E-state index in [1.807, 2.05) is 0 Å². The number of ether oxygens (including phenoxy) is 1. The van der Waals surface area contributed by atoms with Crippen molar-refractivity contribution in [2.75, 3.05) is 44.2 Å². The number of hydrogen-bond donors (Lipinski definition) is 0. The summed E-state index contributed by atoms with van der Waals surface area (Å²) >= 11 is 5.95. The molecule has 0 amide bonds. The van der Waals surface area contributed by atoms with Gasteiger partial charge in [0, 0.05) is 51.6 Å².